The first-order chi connectivity index (χ1) is 9.58. The van der Waals surface area contributed by atoms with E-state index in [9.17, 15) is 14.3 Å². The summed E-state index contributed by atoms with van der Waals surface area (Å²) in [4.78, 5) is 11.9. The lowest BCUT2D eigenvalue weighted by atomic mass is 10.1. The van der Waals surface area contributed by atoms with E-state index in [1.807, 2.05) is 6.07 Å². The molecule has 1 unspecified atom stereocenters. The third-order valence-electron chi connectivity index (χ3n) is 2.81. The minimum Gasteiger partial charge on any atom is -0.386 e. The standard InChI is InChI=1S/C15H13BrFNO2/c16-11-5-3-4-10(8-11)15(20)18-9-14(19)12-6-1-2-7-13(12)17/h1-8,14,19H,9H2,(H,18,20). The Hall–Kier alpha value is -1.72. The van der Waals surface area contributed by atoms with Crippen molar-refractivity contribution in [3.63, 3.8) is 0 Å². The van der Waals surface area contributed by atoms with Crippen molar-refractivity contribution >= 4 is 21.8 Å². The van der Waals surface area contributed by atoms with Crippen LogP contribution in [-0.4, -0.2) is 17.6 Å². The summed E-state index contributed by atoms with van der Waals surface area (Å²) in [5, 5.41) is 12.5. The van der Waals surface area contributed by atoms with Crippen molar-refractivity contribution < 1.29 is 14.3 Å². The van der Waals surface area contributed by atoms with E-state index in [0.717, 1.165) is 4.47 Å². The number of amides is 1. The third kappa shape index (κ3) is 3.65. The van der Waals surface area contributed by atoms with E-state index in [1.165, 1.54) is 12.1 Å². The summed E-state index contributed by atoms with van der Waals surface area (Å²) in [7, 11) is 0. The van der Waals surface area contributed by atoms with E-state index in [-0.39, 0.29) is 18.0 Å². The molecule has 0 bridgehead atoms. The molecule has 0 fully saturated rings. The smallest absolute Gasteiger partial charge is 0.251 e. The van der Waals surface area contributed by atoms with Gasteiger partial charge in [-0.2, -0.15) is 0 Å². The molecule has 0 saturated carbocycles. The first kappa shape index (κ1) is 14.7. The predicted octanol–water partition coefficient (Wildman–Crippen LogP) is 3.05. The van der Waals surface area contributed by atoms with Crippen LogP contribution in [0.2, 0.25) is 0 Å². The van der Waals surface area contributed by atoms with Crippen LogP contribution >= 0.6 is 15.9 Å². The van der Waals surface area contributed by atoms with E-state index >= 15 is 0 Å². The zero-order valence-corrected chi connectivity index (χ0v) is 12.1. The van der Waals surface area contributed by atoms with Gasteiger partial charge >= 0.3 is 0 Å². The number of hydrogen-bond donors (Lipinski definition) is 2. The molecule has 0 aromatic heterocycles. The average molecular weight is 338 g/mol. The molecule has 0 radical (unpaired) electrons. The highest BCUT2D eigenvalue weighted by atomic mass is 79.9. The molecule has 3 nitrogen and oxygen atoms in total. The third-order valence-corrected chi connectivity index (χ3v) is 3.30. The molecule has 2 aromatic carbocycles. The minimum atomic E-state index is -1.08. The van der Waals surface area contributed by atoms with Gasteiger partial charge in [0.05, 0.1) is 6.10 Å². The molecule has 20 heavy (non-hydrogen) atoms. The van der Waals surface area contributed by atoms with Crippen LogP contribution < -0.4 is 5.32 Å². The van der Waals surface area contributed by atoms with Gasteiger partial charge < -0.3 is 10.4 Å². The molecule has 5 heteroatoms. The lowest BCUT2D eigenvalue weighted by Gasteiger charge is -2.13. The molecule has 1 atom stereocenters. The van der Waals surface area contributed by atoms with Crippen molar-refractivity contribution in [1.82, 2.24) is 5.32 Å². The zero-order valence-electron chi connectivity index (χ0n) is 10.5. The molecule has 0 spiro atoms. The van der Waals surface area contributed by atoms with Gasteiger partial charge in [-0.05, 0) is 24.3 Å². The highest BCUT2D eigenvalue weighted by Gasteiger charge is 2.14. The minimum absolute atomic E-state index is 0.0493. The van der Waals surface area contributed by atoms with Crippen LogP contribution in [0.25, 0.3) is 0 Å². The van der Waals surface area contributed by atoms with Crippen LogP contribution in [0.1, 0.15) is 22.0 Å². The second-order valence-electron chi connectivity index (χ2n) is 4.26. The molecule has 104 valence electrons. The molecule has 0 aliphatic carbocycles. The highest BCUT2D eigenvalue weighted by Crippen LogP contribution is 2.16. The fraction of sp³-hybridized carbons (Fsp3) is 0.133. The van der Waals surface area contributed by atoms with E-state index < -0.39 is 11.9 Å². The summed E-state index contributed by atoms with van der Waals surface area (Å²) in [6.07, 6.45) is -1.08. The maximum absolute atomic E-state index is 13.5. The van der Waals surface area contributed by atoms with Gasteiger partial charge in [0.2, 0.25) is 0 Å². The average Bonchev–Trinajstić information content (AvgIpc) is 2.45. The van der Waals surface area contributed by atoms with E-state index in [1.54, 1.807) is 30.3 Å². The Morgan fingerprint density at radius 2 is 2.00 bits per heavy atom. The summed E-state index contributed by atoms with van der Waals surface area (Å²) >= 11 is 3.28. The zero-order chi connectivity index (χ0) is 14.5. The maximum atomic E-state index is 13.5. The number of aliphatic hydroxyl groups excluding tert-OH is 1. The van der Waals surface area contributed by atoms with Crippen molar-refractivity contribution in [2.24, 2.45) is 0 Å². The molecule has 0 heterocycles. The molecule has 0 aliphatic heterocycles. The van der Waals surface area contributed by atoms with Crippen molar-refractivity contribution in [3.05, 3.63) is 69.9 Å². The summed E-state index contributed by atoms with van der Waals surface area (Å²) in [5.41, 5.74) is 0.641. The fourth-order valence-electron chi connectivity index (χ4n) is 1.78. The first-order valence-electron chi connectivity index (χ1n) is 6.04. The van der Waals surface area contributed by atoms with Crippen molar-refractivity contribution in [2.45, 2.75) is 6.10 Å². The van der Waals surface area contributed by atoms with Crippen LogP contribution in [0, 0.1) is 5.82 Å². The van der Waals surface area contributed by atoms with Gasteiger partial charge in [-0.15, -0.1) is 0 Å². The SMILES string of the molecule is O=C(NCC(O)c1ccccc1F)c1cccc(Br)c1. The van der Waals surface area contributed by atoms with E-state index in [4.69, 9.17) is 0 Å². The van der Waals surface area contributed by atoms with Crippen LogP contribution in [0.5, 0.6) is 0 Å². The monoisotopic (exact) mass is 337 g/mol. The summed E-state index contributed by atoms with van der Waals surface area (Å²) in [5.74, 6) is -0.807. The van der Waals surface area contributed by atoms with Crippen molar-refractivity contribution in [1.29, 1.82) is 0 Å². The summed E-state index contributed by atoms with van der Waals surface area (Å²) in [6, 6.07) is 12.8. The first-order valence-corrected chi connectivity index (χ1v) is 6.83. The van der Waals surface area contributed by atoms with Gasteiger partial charge in [0, 0.05) is 22.1 Å². The number of nitrogens with one attached hydrogen (secondary N) is 1. The van der Waals surface area contributed by atoms with Crippen LogP contribution in [-0.2, 0) is 0 Å². The maximum Gasteiger partial charge on any atom is 0.251 e. The number of benzene rings is 2. The molecular weight excluding hydrogens is 325 g/mol. The van der Waals surface area contributed by atoms with Crippen molar-refractivity contribution in [2.75, 3.05) is 6.54 Å². The number of rotatable bonds is 4. The lowest BCUT2D eigenvalue weighted by Crippen LogP contribution is -2.28. The Kier molecular flexibility index (Phi) is 4.87. The van der Waals surface area contributed by atoms with Crippen LogP contribution in [0.15, 0.2) is 53.0 Å². The van der Waals surface area contributed by atoms with Gasteiger partial charge in [0.1, 0.15) is 5.82 Å². The second-order valence-corrected chi connectivity index (χ2v) is 5.17. The second kappa shape index (κ2) is 6.63. The van der Waals surface area contributed by atoms with E-state index in [0.29, 0.717) is 5.56 Å². The van der Waals surface area contributed by atoms with Gasteiger partial charge in [-0.1, -0.05) is 40.2 Å². The highest BCUT2D eigenvalue weighted by molar-refractivity contribution is 9.10. The Morgan fingerprint density at radius 1 is 1.25 bits per heavy atom. The molecule has 2 rings (SSSR count). The quantitative estimate of drug-likeness (QED) is 0.900. The molecule has 1 amide bonds. The Balaban J connectivity index is 1.99. The number of carbonyl (C=O) groups is 1. The van der Waals surface area contributed by atoms with Gasteiger partial charge in [-0.3, -0.25) is 4.79 Å². The molecule has 0 saturated heterocycles. The van der Waals surface area contributed by atoms with Gasteiger partial charge in [0.15, 0.2) is 0 Å². The fourth-order valence-corrected chi connectivity index (χ4v) is 2.18. The molecule has 2 aromatic rings. The van der Waals surface area contributed by atoms with E-state index in [2.05, 4.69) is 21.2 Å². The molecule has 2 N–H and O–H groups in total. The number of hydrogen-bond acceptors (Lipinski definition) is 2. The van der Waals surface area contributed by atoms with Gasteiger partial charge in [-0.25, -0.2) is 4.39 Å². The molecule has 0 aliphatic rings. The van der Waals surface area contributed by atoms with Crippen molar-refractivity contribution in [3.8, 4) is 0 Å². The van der Waals surface area contributed by atoms with Crippen LogP contribution in [0.4, 0.5) is 4.39 Å². The summed E-state index contributed by atoms with van der Waals surface area (Å²) < 4.78 is 14.3. The number of carbonyl (C=O) groups excluding carboxylic acids is 1. The topological polar surface area (TPSA) is 49.3 Å². The predicted molar refractivity (Wildman–Crippen MR) is 77.8 cm³/mol. The summed E-state index contributed by atoms with van der Waals surface area (Å²) in [6.45, 7) is -0.0493. The Labute approximate surface area is 124 Å². The Morgan fingerprint density at radius 3 is 2.70 bits per heavy atom. The Bertz CT molecular complexity index is 618. The molecular formula is C15H13BrFNO2. The van der Waals surface area contributed by atoms with Gasteiger partial charge in [0.25, 0.3) is 5.91 Å². The largest absolute Gasteiger partial charge is 0.386 e. The van der Waals surface area contributed by atoms with Crippen LogP contribution in [0.3, 0.4) is 0 Å². The number of halogens is 2. The lowest BCUT2D eigenvalue weighted by molar-refractivity contribution is 0.0914. The number of aliphatic hydroxyl groups is 1. The normalized spacial score (nSPS) is 11.9.